The smallest absolute Gasteiger partial charge is 0.191 e. The van der Waals surface area contributed by atoms with Crippen LogP contribution in [0, 0.1) is 0 Å². The van der Waals surface area contributed by atoms with E-state index in [-0.39, 0.29) is 0 Å². The summed E-state index contributed by atoms with van der Waals surface area (Å²) in [5.41, 5.74) is 3.73. The summed E-state index contributed by atoms with van der Waals surface area (Å²) >= 11 is 0. The number of pyridine rings is 1. The van der Waals surface area contributed by atoms with E-state index in [1.54, 1.807) is 0 Å². The zero-order valence-electron chi connectivity index (χ0n) is 17.1. The molecule has 0 unspecified atom stereocenters. The molecule has 1 aliphatic heterocycles. The zero-order valence-corrected chi connectivity index (χ0v) is 17.1. The SMILES string of the molecule is CN=C(NCCc1c[nH]c2ccccc12)NCc1ccnc(N2CCCCC2)c1. The zero-order chi connectivity index (χ0) is 19.9. The molecule has 29 heavy (non-hydrogen) atoms. The number of anilines is 1. The summed E-state index contributed by atoms with van der Waals surface area (Å²) in [6.07, 6.45) is 8.81. The predicted octanol–water partition coefficient (Wildman–Crippen LogP) is 3.46. The van der Waals surface area contributed by atoms with Crippen LogP contribution in [0.3, 0.4) is 0 Å². The van der Waals surface area contributed by atoms with Gasteiger partial charge in [-0.2, -0.15) is 0 Å². The van der Waals surface area contributed by atoms with Crippen LogP contribution in [0.15, 0.2) is 53.8 Å². The summed E-state index contributed by atoms with van der Waals surface area (Å²) < 4.78 is 0. The van der Waals surface area contributed by atoms with Crippen molar-refractivity contribution in [2.24, 2.45) is 4.99 Å². The van der Waals surface area contributed by atoms with Gasteiger partial charge in [0.1, 0.15) is 5.82 Å². The van der Waals surface area contributed by atoms with Crippen molar-refractivity contribution >= 4 is 22.7 Å². The minimum absolute atomic E-state index is 0.732. The normalized spacial score (nSPS) is 14.9. The highest BCUT2D eigenvalue weighted by Gasteiger charge is 2.12. The summed E-state index contributed by atoms with van der Waals surface area (Å²) in [5, 5.41) is 8.13. The van der Waals surface area contributed by atoms with E-state index < -0.39 is 0 Å². The number of para-hydroxylation sites is 1. The molecule has 0 aliphatic carbocycles. The maximum absolute atomic E-state index is 4.56. The Balaban J connectivity index is 1.28. The number of hydrogen-bond donors (Lipinski definition) is 3. The highest BCUT2D eigenvalue weighted by Crippen LogP contribution is 2.19. The Bertz CT molecular complexity index is 955. The van der Waals surface area contributed by atoms with Crippen molar-refractivity contribution in [3.63, 3.8) is 0 Å². The number of fused-ring (bicyclic) bond motifs is 1. The molecular weight excluding hydrogens is 360 g/mol. The van der Waals surface area contributed by atoms with Crippen molar-refractivity contribution in [2.45, 2.75) is 32.2 Å². The molecule has 2 aromatic heterocycles. The molecule has 1 aromatic carbocycles. The summed E-state index contributed by atoms with van der Waals surface area (Å²) in [5.74, 6) is 1.91. The number of nitrogens with one attached hydrogen (secondary N) is 3. The molecule has 3 heterocycles. The van der Waals surface area contributed by atoms with E-state index in [1.165, 1.54) is 41.3 Å². The molecular formula is C23H30N6. The number of rotatable bonds is 6. The maximum atomic E-state index is 4.56. The number of guanidine groups is 1. The lowest BCUT2D eigenvalue weighted by atomic mass is 10.1. The third kappa shape index (κ3) is 4.88. The molecule has 0 radical (unpaired) electrons. The fourth-order valence-corrected chi connectivity index (χ4v) is 3.93. The molecule has 1 saturated heterocycles. The maximum Gasteiger partial charge on any atom is 0.191 e. The van der Waals surface area contributed by atoms with Gasteiger partial charge >= 0.3 is 0 Å². The molecule has 0 amide bonds. The number of H-pyrrole nitrogens is 1. The van der Waals surface area contributed by atoms with Gasteiger partial charge in [0, 0.05) is 56.5 Å². The van der Waals surface area contributed by atoms with Gasteiger partial charge in [0.05, 0.1) is 0 Å². The molecule has 6 nitrogen and oxygen atoms in total. The third-order valence-corrected chi connectivity index (χ3v) is 5.54. The summed E-state index contributed by atoms with van der Waals surface area (Å²) in [4.78, 5) is 14.6. The number of aromatic nitrogens is 2. The van der Waals surface area contributed by atoms with Crippen LogP contribution < -0.4 is 15.5 Å². The Hall–Kier alpha value is -3.02. The minimum atomic E-state index is 0.732. The van der Waals surface area contributed by atoms with Crippen molar-refractivity contribution in [1.29, 1.82) is 0 Å². The van der Waals surface area contributed by atoms with E-state index in [4.69, 9.17) is 0 Å². The quantitative estimate of drug-likeness (QED) is 0.445. The molecule has 3 aromatic rings. The molecule has 0 spiro atoms. The number of hydrogen-bond acceptors (Lipinski definition) is 3. The molecule has 3 N–H and O–H groups in total. The van der Waals surface area contributed by atoms with Crippen molar-refractivity contribution in [3.05, 3.63) is 59.9 Å². The standard InChI is InChI=1S/C23H30N6/c1-24-23(26-12-10-19-17-27-21-8-4-3-7-20(19)21)28-16-18-9-11-25-22(15-18)29-13-5-2-6-14-29/h3-4,7-9,11,15,17,27H,2,5-6,10,12-14,16H2,1H3,(H2,24,26,28). The first-order chi connectivity index (χ1) is 14.3. The second-order valence-corrected chi connectivity index (χ2v) is 7.53. The van der Waals surface area contributed by atoms with Crippen molar-refractivity contribution in [3.8, 4) is 0 Å². The third-order valence-electron chi connectivity index (χ3n) is 5.54. The van der Waals surface area contributed by atoms with Crippen LogP contribution in [-0.4, -0.2) is 42.6 Å². The fourth-order valence-electron chi connectivity index (χ4n) is 3.93. The summed E-state index contributed by atoms with van der Waals surface area (Å²) in [6.45, 7) is 3.79. The molecule has 0 bridgehead atoms. The highest BCUT2D eigenvalue weighted by molar-refractivity contribution is 5.83. The Labute approximate surface area is 172 Å². The second kappa shape index (κ2) is 9.45. The van der Waals surface area contributed by atoms with Gasteiger partial charge in [-0.25, -0.2) is 4.98 Å². The van der Waals surface area contributed by atoms with Crippen LogP contribution in [0.1, 0.15) is 30.4 Å². The Kier molecular flexibility index (Phi) is 6.29. The Morgan fingerprint density at radius 3 is 2.86 bits per heavy atom. The molecule has 152 valence electrons. The van der Waals surface area contributed by atoms with Gasteiger partial charge in [-0.3, -0.25) is 4.99 Å². The molecule has 0 saturated carbocycles. The number of aromatic amines is 1. The first-order valence-corrected chi connectivity index (χ1v) is 10.5. The summed E-state index contributed by atoms with van der Waals surface area (Å²) in [6, 6.07) is 12.7. The predicted molar refractivity (Wildman–Crippen MR) is 121 cm³/mol. The second-order valence-electron chi connectivity index (χ2n) is 7.53. The molecule has 1 fully saturated rings. The van der Waals surface area contributed by atoms with E-state index in [1.807, 2.05) is 13.2 Å². The fraction of sp³-hybridized carbons (Fsp3) is 0.391. The van der Waals surface area contributed by atoms with E-state index in [9.17, 15) is 0 Å². The van der Waals surface area contributed by atoms with Crippen LogP contribution in [0.2, 0.25) is 0 Å². The van der Waals surface area contributed by atoms with E-state index in [0.29, 0.717) is 0 Å². The average Bonchev–Trinajstić information content (AvgIpc) is 3.20. The highest BCUT2D eigenvalue weighted by atomic mass is 15.2. The largest absolute Gasteiger partial charge is 0.361 e. The lowest BCUT2D eigenvalue weighted by molar-refractivity contribution is 0.573. The van der Waals surface area contributed by atoms with Gasteiger partial charge in [0.25, 0.3) is 0 Å². The lowest BCUT2D eigenvalue weighted by Gasteiger charge is -2.28. The van der Waals surface area contributed by atoms with Gasteiger partial charge < -0.3 is 20.5 Å². The monoisotopic (exact) mass is 390 g/mol. The van der Waals surface area contributed by atoms with Crippen LogP contribution >= 0.6 is 0 Å². The van der Waals surface area contributed by atoms with Crippen LogP contribution in [0.4, 0.5) is 5.82 Å². The van der Waals surface area contributed by atoms with Crippen LogP contribution in [0.5, 0.6) is 0 Å². The Morgan fingerprint density at radius 1 is 1.14 bits per heavy atom. The van der Waals surface area contributed by atoms with Crippen molar-refractivity contribution in [2.75, 3.05) is 31.6 Å². The molecule has 4 rings (SSSR count). The van der Waals surface area contributed by atoms with Crippen molar-refractivity contribution in [1.82, 2.24) is 20.6 Å². The Morgan fingerprint density at radius 2 is 2.00 bits per heavy atom. The number of piperidine rings is 1. The van der Waals surface area contributed by atoms with E-state index in [2.05, 4.69) is 73.1 Å². The van der Waals surface area contributed by atoms with E-state index >= 15 is 0 Å². The van der Waals surface area contributed by atoms with Gasteiger partial charge in [0.2, 0.25) is 0 Å². The van der Waals surface area contributed by atoms with Crippen molar-refractivity contribution < 1.29 is 0 Å². The minimum Gasteiger partial charge on any atom is -0.361 e. The number of nitrogens with zero attached hydrogens (tertiary/aromatic N) is 3. The van der Waals surface area contributed by atoms with Crippen LogP contribution in [-0.2, 0) is 13.0 Å². The number of benzene rings is 1. The topological polar surface area (TPSA) is 68.3 Å². The van der Waals surface area contributed by atoms with Crippen LogP contribution in [0.25, 0.3) is 10.9 Å². The lowest BCUT2D eigenvalue weighted by Crippen LogP contribution is -2.38. The molecule has 6 heteroatoms. The molecule has 1 aliphatic rings. The van der Waals surface area contributed by atoms with Gasteiger partial charge in [-0.15, -0.1) is 0 Å². The summed E-state index contributed by atoms with van der Waals surface area (Å²) in [7, 11) is 1.81. The van der Waals surface area contributed by atoms with Gasteiger partial charge in [-0.1, -0.05) is 18.2 Å². The first kappa shape index (κ1) is 19.3. The van der Waals surface area contributed by atoms with Gasteiger partial charge in [0.15, 0.2) is 5.96 Å². The first-order valence-electron chi connectivity index (χ1n) is 10.5. The average molecular weight is 391 g/mol. The van der Waals surface area contributed by atoms with E-state index in [0.717, 1.165) is 44.4 Å². The molecule has 0 atom stereocenters. The van der Waals surface area contributed by atoms with Gasteiger partial charge in [-0.05, 0) is 55.0 Å². The number of aliphatic imine (C=N–C) groups is 1.